The Bertz CT molecular complexity index is 903. The van der Waals surface area contributed by atoms with Gasteiger partial charge in [-0.1, -0.05) is 23.5 Å². The van der Waals surface area contributed by atoms with Gasteiger partial charge in [-0.25, -0.2) is 13.8 Å². The van der Waals surface area contributed by atoms with Crippen LogP contribution in [0.15, 0.2) is 36.5 Å². The van der Waals surface area contributed by atoms with Gasteiger partial charge in [-0.05, 0) is 31.0 Å². The van der Waals surface area contributed by atoms with Crippen LogP contribution in [0.1, 0.15) is 23.3 Å². The molecule has 3 aromatic rings. The number of amides is 1. The van der Waals surface area contributed by atoms with Crippen LogP contribution in [0.4, 0.5) is 13.9 Å². The summed E-state index contributed by atoms with van der Waals surface area (Å²) in [6.45, 7) is 0.496. The molecule has 1 saturated heterocycles. The number of halogens is 2. The summed E-state index contributed by atoms with van der Waals surface area (Å²) in [6.07, 6.45) is 0.621. The van der Waals surface area contributed by atoms with Crippen LogP contribution >= 0.6 is 11.3 Å². The van der Waals surface area contributed by atoms with E-state index < -0.39 is 13.0 Å². The zero-order valence-corrected chi connectivity index (χ0v) is 15.2. The van der Waals surface area contributed by atoms with Gasteiger partial charge in [0.15, 0.2) is 10.8 Å². The molecule has 27 heavy (non-hydrogen) atoms. The first-order valence-corrected chi connectivity index (χ1v) is 9.52. The quantitative estimate of drug-likeness (QED) is 0.643. The van der Waals surface area contributed by atoms with Crippen molar-refractivity contribution in [2.75, 3.05) is 18.1 Å². The molecule has 0 saturated carbocycles. The van der Waals surface area contributed by atoms with Crippen molar-refractivity contribution in [3.63, 3.8) is 0 Å². The standard InChI is InChI=1S/C18H18F2N4O2S/c19-16(20)11-23-8-7-14(22-23)17(25)24(10-12-4-3-9-26-12)18-21-13-5-1-2-6-15(13)27-18/h1-2,5-8,12,16H,3-4,9-11H2. The number of thiazole rings is 1. The van der Waals surface area contributed by atoms with E-state index in [0.29, 0.717) is 18.3 Å². The summed E-state index contributed by atoms with van der Waals surface area (Å²) in [6, 6.07) is 9.11. The highest BCUT2D eigenvalue weighted by molar-refractivity contribution is 7.22. The Hall–Kier alpha value is -2.39. The Kier molecular flexibility index (Phi) is 5.13. The number of para-hydroxylation sites is 1. The van der Waals surface area contributed by atoms with Crippen molar-refractivity contribution in [1.82, 2.24) is 14.8 Å². The smallest absolute Gasteiger partial charge is 0.280 e. The number of anilines is 1. The molecule has 0 aliphatic carbocycles. The summed E-state index contributed by atoms with van der Waals surface area (Å²) in [4.78, 5) is 19.2. The highest BCUT2D eigenvalue weighted by atomic mass is 32.1. The predicted molar refractivity (Wildman–Crippen MR) is 98.5 cm³/mol. The van der Waals surface area contributed by atoms with Crippen molar-refractivity contribution in [1.29, 1.82) is 0 Å². The van der Waals surface area contributed by atoms with Gasteiger partial charge in [-0.2, -0.15) is 5.10 Å². The topological polar surface area (TPSA) is 60.2 Å². The summed E-state index contributed by atoms with van der Waals surface area (Å²) >= 11 is 1.41. The van der Waals surface area contributed by atoms with Crippen molar-refractivity contribution < 1.29 is 18.3 Å². The van der Waals surface area contributed by atoms with E-state index in [2.05, 4.69) is 10.1 Å². The van der Waals surface area contributed by atoms with Crippen molar-refractivity contribution in [2.45, 2.75) is 31.9 Å². The van der Waals surface area contributed by atoms with Gasteiger partial charge >= 0.3 is 0 Å². The van der Waals surface area contributed by atoms with Gasteiger partial charge in [0, 0.05) is 12.8 Å². The molecule has 3 heterocycles. The van der Waals surface area contributed by atoms with Gasteiger partial charge in [-0.3, -0.25) is 14.4 Å². The third kappa shape index (κ3) is 3.98. The largest absolute Gasteiger partial charge is 0.376 e. The SMILES string of the molecule is O=C(c1ccn(CC(F)F)n1)N(CC1CCCO1)c1nc2ccccc2s1. The molecule has 4 rings (SSSR count). The lowest BCUT2D eigenvalue weighted by Crippen LogP contribution is -2.37. The van der Waals surface area contributed by atoms with Crippen LogP contribution in [0.25, 0.3) is 10.2 Å². The molecule has 6 nitrogen and oxygen atoms in total. The summed E-state index contributed by atoms with van der Waals surface area (Å²) in [5.74, 6) is -0.363. The van der Waals surface area contributed by atoms with Gasteiger partial charge in [0.25, 0.3) is 12.3 Å². The Balaban J connectivity index is 1.64. The van der Waals surface area contributed by atoms with Crippen LogP contribution in [0, 0.1) is 0 Å². The molecule has 0 N–H and O–H groups in total. The van der Waals surface area contributed by atoms with E-state index in [0.717, 1.165) is 27.7 Å². The molecular formula is C18H18F2N4O2S. The Morgan fingerprint density at radius 3 is 2.96 bits per heavy atom. The summed E-state index contributed by atoms with van der Waals surface area (Å²) < 4.78 is 32.9. The summed E-state index contributed by atoms with van der Waals surface area (Å²) in [5.41, 5.74) is 0.929. The second-order valence-electron chi connectivity index (χ2n) is 6.33. The zero-order valence-electron chi connectivity index (χ0n) is 14.4. The third-order valence-electron chi connectivity index (χ3n) is 4.35. The molecule has 1 aromatic carbocycles. The number of fused-ring (bicyclic) bond motifs is 1. The number of alkyl halides is 2. The normalized spacial score (nSPS) is 17.1. The lowest BCUT2D eigenvalue weighted by Gasteiger charge is -2.22. The van der Waals surface area contributed by atoms with Crippen LogP contribution < -0.4 is 4.90 Å². The Morgan fingerprint density at radius 1 is 1.37 bits per heavy atom. The lowest BCUT2D eigenvalue weighted by atomic mass is 10.2. The minimum absolute atomic E-state index is 0.0656. The molecule has 142 valence electrons. The van der Waals surface area contributed by atoms with E-state index in [1.54, 1.807) is 4.90 Å². The van der Waals surface area contributed by atoms with E-state index in [-0.39, 0.29) is 17.7 Å². The van der Waals surface area contributed by atoms with Crippen LogP contribution in [-0.2, 0) is 11.3 Å². The second kappa shape index (κ2) is 7.69. The zero-order chi connectivity index (χ0) is 18.8. The predicted octanol–water partition coefficient (Wildman–Crippen LogP) is 3.58. The number of nitrogens with zero attached hydrogens (tertiary/aromatic N) is 4. The first kappa shape index (κ1) is 18.0. The first-order valence-electron chi connectivity index (χ1n) is 8.71. The highest BCUT2D eigenvalue weighted by Crippen LogP contribution is 2.30. The maximum atomic E-state index is 13.1. The third-order valence-corrected chi connectivity index (χ3v) is 5.41. The van der Waals surface area contributed by atoms with Gasteiger partial charge in [-0.15, -0.1) is 0 Å². The van der Waals surface area contributed by atoms with Crippen LogP contribution in [0.5, 0.6) is 0 Å². The van der Waals surface area contributed by atoms with Gasteiger partial charge < -0.3 is 4.74 Å². The molecule has 2 aromatic heterocycles. The monoisotopic (exact) mass is 392 g/mol. The molecule has 0 bridgehead atoms. The second-order valence-corrected chi connectivity index (χ2v) is 7.34. The van der Waals surface area contributed by atoms with Gasteiger partial charge in [0.1, 0.15) is 6.54 Å². The number of rotatable bonds is 6. The molecule has 1 aliphatic heterocycles. The van der Waals surface area contributed by atoms with E-state index in [4.69, 9.17) is 4.74 Å². The van der Waals surface area contributed by atoms with E-state index in [1.807, 2.05) is 24.3 Å². The average Bonchev–Trinajstić information content (AvgIpc) is 3.38. The summed E-state index contributed by atoms with van der Waals surface area (Å²) in [7, 11) is 0. The van der Waals surface area contributed by atoms with E-state index >= 15 is 0 Å². The Morgan fingerprint density at radius 2 is 2.22 bits per heavy atom. The number of carbonyl (C=O) groups is 1. The molecule has 9 heteroatoms. The fourth-order valence-corrected chi connectivity index (χ4v) is 4.05. The number of ether oxygens (including phenoxy) is 1. The minimum atomic E-state index is -2.53. The fourth-order valence-electron chi connectivity index (χ4n) is 3.07. The molecule has 1 atom stereocenters. The summed E-state index contributed by atoms with van der Waals surface area (Å²) in [5, 5.41) is 4.56. The molecular weight excluding hydrogens is 374 g/mol. The number of hydrogen-bond acceptors (Lipinski definition) is 5. The highest BCUT2D eigenvalue weighted by Gasteiger charge is 2.28. The molecule has 0 spiro atoms. The van der Waals surface area contributed by atoms with Gasteiger partial charge in [0.05, 0.1) is 22.9 Å². The fraction of sp³-hybridized carbons (Fsp3) is 0.389. The van der Waals surface area contributed by atoms with Crippen LogP contribution in [0.2, 0.25) is 0 Å². The van der Waals surface area contributed by atoms with Crippen LogP contribution in [-0.4, -0.2) is 46.4 Å². The first-order chi connectivity index (χ1) is 13.1. The maximum absolute atomic E-state index is 13.1. The number of benzene rings is 1. The van der Waals surface area contributed by atoms with Crippen molar-refractivity contribution in [3.8, 4) is 0 Å². The van der Waals surface area contributed by atoms with Crippen molar-refractivity contribution in [2.24, 2.45) is 0 Å². The number of carbonyl (C=O) groups excluding carboxylic acids is 1. The molecule has 1 unspecified atom stereocenters. The Labute approximate surface area is 158 Å². The molecule has 0 radical (unpaired) electrons. The molecule has 1 fully saturated rings. The van der Waals surface area contributed by atoms with Crippen molar-refractivity contribution >= 4 is 32.6 Å². The van der Waals surface area contributed by atoms with Gasteiger partial charge in [0.2, 0.25) is 0 Å². The minimum Gasteiger partial charge on any atom is -0.376 e. The number of hydrogen-bond donors (Lipinski definition) is 0. The van der Waals surface area contributed by atoms with E-state index in [9.17, 15) is 13.6 Å². The lowest BCUT2D eigenvalue weighted by molar-refractivity contribution is 0.0909. The molecule has 1 amide bonds. The maximum Gasteiger partial charge on any atom is 0.280 e. The van der Waals surface area contributed by atoms with Crippen molar-refractivity contribution in [3.05, 3.63) is 42.2 Å². The van der Waals surface area contributed by atoms with Crippen LogP contribution in [0.3, 0.4) is 0 Å². The number of aromatic nitrogens is 3. The average molecular weight is 392 g/mol. The van der Waals surface area contributed by atoms with E-state index in [1.165, 1.54) is 23.6 Å². The molecule has 1 aliphatic rings.